The lowest BCUT2D eigenvalue weighted by Gasteiger charge is -2.12. The standard InChI is InChI=1S/C16H15ClN2O3/c1-11(20)18-13-7-3-4-8-14(13)19-16(21)10-22-15-9-5-2-6-12(15)17/h2-9H,10H2,1H3,(H,18,20)(H,19,21). The molecule has 0 saturated heterocycles. The third kappa shape index (κ3) is 4.49. The number of hydrogen-bond donors (Lipinski definition) is 2. The van der Waals surface area contributed by atoms with Gasteiger partial charge in [-0.2, -0.15) is 0 Å². The third-order valence-electron chi connectivity index (χ3n) is 2.71. The summed E-state index contributed by atoms with van der Waals surface area (Å²) in [5.41, 5.74) is 1.03. The highest BCUT2D eigenvalue weighted by Crippen LogP contribution is 2.23. The van der Waals surface area contributed by atoms with Crippen molar-refractivity contribution in [2.45, 2.75) is 6.92 Å². The van der Waals surface area contributed by atoms with Gasteiger partial charge in [-0.1, -0.05) is 35.9 Å². The van der Waals surface area contributed by atoms with Crippen LogP contribution in [0.1, 0.15) is 6.92 Å². The maximum absolute atomic E-state index is 11.9. The van der Waals surface area contributed by atoms with Crippen molar-refractivity contribution < 1.29 is 14.3 Å². The van der Waals surface area contributed by atoms with E-state index in [2.05, 4.69) is 10.6 Å². The predicted octanol–water partition coefficient (Wildman–Crippen LogP) is 3.32. The number of nitrogens with one attached hydrogen (secondary N) is 2. The van der Waals surface area contributed by atoms with E-state index in [9.17, 15) is 9.59 Å². The zero-order valence-electron chi connectivity index (χ0n) is 11.9. The largest absolute Gasteiger partial charge is 0.482 e. The molecule has 5 nitrogen and oxygen atoms in total. The molecule has 2 rings (SSSR count). The molecule has 0 aliphatic heterocycles. The number of para-hydroxylation sites is 3. The third-order valence-corrected chi connectivity index (χ3v) is 3.02. The molecule has 0 unspecified atom stereocenters. The molecule has 0 fully saturated rings. The van der Waals surface area contributed by atoms with E-state index in [0.717, 1.165) is 0 Å². The van der Waals surface area contributed by atoms with Crippen LogP contribution in [0.3, 0.4) is 0 Å². The van der Waals surface area contributed by atoms with Crippen LogP contribution in [-0.4, -0.2) is 18.4 Å². The van der Waals surface area contributed by atoms with Crippen molar-refractivity contribution in [3.8, 4) is 5.75 Å². The van der Waals surface area contributed by atoms with Gasteiger partial charge in [0, 0.05) is 6.92 Å². The Morgan fingerprint density at radius 2 is 1.59 bits per heavy atom. The number of halogens is 1. The number of amides is 2. The second-order valence-corrected chi connectivity index (χ2v) is 4.90. The van der Waals surface area contributed by atoms with Crippen molar-refractivity contribution in [1.82, 2.24) is 0 Å². The molecular formula is C16H15ClN2O3. The zero-order chi connectivity index (χ0) is 15.9. The van der Waals surface area contributed by atoms with E-state index in [4.69, 9.17) is 16.3 Å². The Kier molecular flexibility index (Phi) is 5.38. The predicted molar refractivity (Wildman–Crippen MR) is 86.3 cm³/mol. The molecule has 0 radical (unpaired) electrons. The van der Waals surface area contributed by atoms with E-state index in [1.807, 2.05) is 0 Å². The first kappa shape index (κ1) is 15.9. The molecule has 22 heavy (non-hydrogen) atoms. The van der Waals surface area contributed by atoms with Gasteiger partial charge < -0.3 is 15.4 Å². The number of rotatable bonds is 5. The fourth-order valence-electron chi connectivity index (χ4n) is 1.78. The molecule has 0 saturated carbocycles. The first-order valence-electron chi connectivity index (χ1n) is 6.60. The van der Waals surface area contributed by atoms with Crippen LogP contribution in [0.15, 0.2) is 48.5 Å². The molecule has 0 aliphatic carbocycles. The minimum atomic E-state index is -0.349. The van der Waals surface area contributed by atoms with Crippen molar-refractivity contribution in [3.05, 3.63) is 53.6 Å². The van der Waals surface area contributed by atoms with Crippen LogP contribution in [0.4, 0.5) is 11.4 Å². The second-order valence-electron chi connectivity index (χ2n) is 4.49. The highest BCUT2D eigenvalue weighted by molar-refractivity contribution is 6.32. The van der Waals surface area contributed by atoms with Crippen LogP contribution in [-0.2, 0) is 9.59 Å². The molecular weight excluding hydrogens is 304 g/mol. The van der Waals surface area contributed by atoms with Gasteiger partial charge in [0.1, 0.15) is 5.75 Å². The molecule has 0 bridgehead atoms. The molecule has 0 spiro atoms. The first-order chi connectivity index (χ1) is 10.6. The van der Waals surface area contributed by atoms with E-state index >= 15 is 0 Å². The van der Waals surface area contributed by atoms with Crippen LogP contribution in [0.25, 0.3) is 0 Å². The average molecular weight is 319 g/mol. The van der Waals surface area contributed by atoms with Crippen molar-refractivity contribution in [2.24, 2.45) is 0 Å². The van der Waals surface area contributed by atoms with Gasteiger partial charge >= 0.3 is 0 Å². The van der Waals surface area contributed by atoms with Crippen LogP contribution in [0.5, 0.6) is 5.75 Å². The Hall–Kier alpha value is -2.53. The van der Waals surface area contributed by atoms with Crippen LogP contribution >= 0.6 is 11.6 Å². The first-order valence-corrected chi connectivity index (χ1v) is 6.98. The summed E-state index contributed by atoms with van der Waals surface area (Å²) in [6.07, 6.45) is 0. The van der Waals surface area contributed by atoms with E-state index in [1.165, 1.54) is 6.92 Å². The van der Waals surface area contributed by atoms with Gasteiger partial charge in [-0.25, -0.2) is 0 Å². The van der Waals surface area contributed by atoms with Gasteiger partial charge in [0.15, 0.2) is 6.61 Å². The quantitative estimate of drug-likeness (QED) is 0.888. The molecule has 0 heterocycles. The summed E-state index contributed by atoms with van der Waals surface area (Å²) in [6, 6.07) is 13.8. The normalized spacial score (nSPS) is 9.91. The van der Waals surface area contributed by atoms with Gasteiger partial charge in [0.05, 0.1) is 16.4 Å². The number of carbonyl (C=O) groups excluding carboxylic acids is 2. The Morgan fingerprint density at radius 3 is 2.23 bits per heavy atom. The highest BCUT2D eigenvalue weighted by Gasteiger charge is 2.09. The van der Waals surface area contributed by atoms with Crippen LogP contribution in [0, 0.1) is 0 Å². The van der Waals surface area contributed by atoms with Crippen molar-refractivity contribution in [2.75, 3.05) is 17.2 Å². The molecule has 2 N–H and O–H groups in total. The number of benzene rings is 2. The van der Waals surface area contributed by atoms with Crippen molar-refractivity contribution in [1.29, 1.82) is 0 Å². The summed E-state index contributed by atoms with van der Waals surface area (Å²) in [5.74, 6) is -0.124. The van der Waals surface area contributed by atoms with Gasteiger partial charge in [-0.05, 0) is 24.3 Å². The summed E-state index contributed by atoms with van der Waals surface area (Å²) in [6.45, 7) is 1.22. The van der Waals surface area contributed by atoms with Gasteiger partial charge in [0.2, 0.25) is 5.91 Å². The molecule has 0 aliphatic rings. The molecule has 6 heteroatoms. The molecule has 114 valence electrons. The summed E-state index contributed by atoms with van der Waals surface area (Å²) in [7, 11) is 0. The van der Waals surface area contributed by atoms with E-state index in [0.29, 0.717) is 22.1 Å². The van der Waals surface area contributed by atoms with E-state index < -0.39 is 0 Å². The topological polar surface area (TPSA) is 67.4 Å². The lowest BCUT2D eigenvalue weighted by atomic mass is 10.2. The average Bonchev–Trinajstić information content (AvgIpc) is 2.48. The smallest absolute Gasteiger partial charge is 0.262 e. The Labute approximate surface area is 133 Å². The highest BCUT2D eigenvalue weighted by atomic mass is 35.5. The Bertz CT molecular complexity index is 689. The fourth-order valence-corrected chi connectivity index (χ4v) is 1.97. The zero-order valence-corrected chi connectivity index (χ0v) is 12.7. The maximum Gasteiger partial charge on any atom is 0.262 e. The maximum atomic E-state index is 11.9. The van der Waals surface area contributed by atoms with E-state index in [1.54, 1.807) is 48.5 Å². The molecule has 0 atom stereocenters. The molecule has 2 amide bonds. The molecule has 0 aromatic heterocycles. The minimum Gasteiger partial charge on any atom is -0.482 e. The Balaban J connectivity index is 1.98. The number of carbonyl (C=O) groups is 2. The number of ether oxygens (including phenoxy) is 1. The second kappa shape index (κ2) is 7.47. The minimum absolute atomic E-state index is 0.182. The van der Waals surface area contributed by atoms with Gasteiger partial charge in [-0.15, -0.1) is 0 Å². The summed E-state index contributed by atoms with van der Waals surface area (Å²) >= 11 is 5.95. The monoisotopic (exact) mass is 318 g/mol. The van der Waals surface area contributed by atoms with Crippen LogP contribution < -0.4 is 15.4 Å². The van der Waals surface area contributed by atoms with Crippen LogP contribution in [0.2, 0.25) is 5.02 Å². The summed E-state index contributed by atoms with van der Waals surface area (Å²) in [5, 5.41) is 5.77. The fraction of sp³-hybridized carbons (Fsp3) is 0.125. The summed E-state index contributed by atoms with van der Waals surface area (Å²) < 4.78 is 5.36. The van der Waals surface area contributed by atoms with Crippen molar-refractivity contribution >= 4 is 34.8 Å². The van der Waals surface area contributed by atoms with Gasteiger partial charge in [0.25, 0.3) is 5.91 Å². The lowest BCUT2D eigenvalue weighted by molar-refractivity contribution is -0.118. The summed E-state index contributed by atoms with van der Waals surface area (Å²) in [4.78, 5) is 23.1. The van der Waals surface area contributed by atoms with Gasteiger partial charge in [-0.3, -0.25) is 9.59 Å². The van der Waals surface area contributed by atoms with E-state index in [-0.39, 0.29) is 18.4 Å². The van der Waals surface area contributed by atoms with Crippen molar-refractivity contribution in [3.63, 3.8) is 0 Å². The lowest BCUT2D eigenvalue weighted by Crippen LogP contribution is -2.21. The SMILES string of the molecule is CC(=O)Nc1ccccc1NC(=O)COc1ccccc1Cl. The number of anilines is 2. The molecule has 2 aromatic carbocycles. The number of hydrogen-bond acceptors (Lipinski definition) is 3. The Morgan fingerprint density at radius 1 is 1.00 bits per heavy atom. The molecule has 2 aromatic rings.